The summed E-state index contributed by atoms with van der Waals surface area (Å²) in [5, 5.41) is 25.0. The van der Waals surface area contributed by atoms with Crippen LogP contribution in [0.3, 0.4) is 0 Å². The number of fused-ring (bicyclic) bond motifs is 1. The molecule has 0 atom stereocenters. The number of hydrogen-bond acceptors (Lipinski definition) is 9. The molecule has 2 aromatic heterocycles. The first-order chi connectivity index (χ1) is 11.3. The van der Waals surface area contributed by atoms with Crippen molar-refractivity contribution in [3.63, 3.8) is 0 Å². The van der Waals surface area contributed by atoms with Gasteiger partial charge in [0.05, 0.1) is 9.85 Å². The summed E-state index contributed by atoms with van der Waals surface area (Å²) in [4.78, 5) is 42.9. The Kier molecular flexibility index (Phi) is 4.22. The fraction of sp³-hybridized carbons (Fsp3) is 0.333. The van der Waals surface area contributed by atoms with E-state index in [4.69, 9.17) is 9.25 Å². The third-order valence-electron chi connectivity index (χ3n) is 3.26. The molecule has 0 amide bonds. The predicted octanol–water partition coefficient (Wildman–Crippen LogP) is 0.548. The van der Waals surface area contributed by atoms with Gasteiger partial charge in [0.15, 0.2) is 11.1 Å². The van der Waals surface area contributed by atoms with Gasteiger partial charge in [-0.1, -0.05) is 5.16 Å². The highest BCUT2D eigenvalue weighted by atomic mass is 16.7. The van der Waals surface area contributed by atoms with Gasteiger partial charge in [0.1, 0.15) is 25.3 Å². The van der Waals surface area contributed by atoms with Gasteiger partial charge in [0, 0.05) is 6.92 Å². The Morgan fingerprint density at radius 3 is 2.17 bits per heavy atom. The highest BCUT2D eigenvalue weighted by Gasteiger charge is 2.31. The molecule has 0 aliphatic heterocycles. The average Bonchev–Trinajstić information content (AvgIpc) is 2.46. The summed E-state index contributed by atoms with van der Waals surface area (Å²) in [6.45, 7) is 2.56. The zero-order valence-electron chi connectivity index (χ0n) is 13.1. The lowest BCUT2D eigenvalue weighted by atomic mass is 10.2. The van der Waals surface area contributed by atoms with Gasteiger partial charge in [-0.05, 0) is 6.92 Å². The zero-order valence-corrected chi connectivity index (χ0v) is 13.1. The summed E-state index contributed by atoms with van der Waals surface area (Å²) in [6.07, 6.45) is 0. The molecule has 24 heavy (non-hydrogen) atoms. The summed E-state index contributed by atoms with van der Waals surface area (Å²) in [7, 11) is 2.31. The molecule has 12 nitrogen and oxygen atoms in total. The second-order valence-corrected chi connectivity index (χ2v) is 4.56. The van der Waals surface area contributed by atoms with E-state index in [1.54, 1.807) is 0 Å². The Morgan fingerprint density at radius 1 is 1.12 bits per heavy atom. The highest BCUT2D eigenvalue weighted by molar-refractivity contribution is 5.78. The van der Waals surface area contributed by atoms with E-state index in [2.05, 4.69) is 9.99 Å². The molecule has 0 saturated carbocycles. The third-order valence-corrected chi connectivity index (χ3v) is 3.26. The van der Waals surface area contributed by atoms with Crippen LogP contribution in [0.25, 0.3) is 11.1 Å². The molecule has 0 radical (unpaired) electrons. The molecule has 0 bridgehead atoms. The van der Waals surface area contributed by atoms with Crippen LogP contribution >= 0.6 is 0 Å². The van der Waals surface area contributed by atoms with Gasteiger partial charge in [-0.25, -0.2) is 0 Å². The van der Waals surface area contributed by atoms with Gasteiger partial charge in [-0.2, -0.15) is 0 Å². The quantitative estimate of drug-likeness (QED) is 0.577. The first-order valence-electron chi connectivity index (χ1n) is 6.39. The minimum Gasteiger partial charge on any atom is -0.434 e. The van der Waals surface area contributed by atoms with Gasteiger partial charge in [0.2, 0.25) is 5.71 Å². The molecule has 0 aliphatic rings. The zero-order chi connectivity index (χ0) is 18.2. The third kappa shape index (κ3) is 2.33. The van der Waals surface area contributed by atoms with Crippen LogP contribution in [0.2, 0.25) is 0 Å². The molecular weight excluding hydrogens is 328 g/mol. The fourth-order valence-electron chi connectivity index (χ4n) is 2.34. The highest BCUT2D eigenvalue weighted by Crippen LogP contribution is 2.23. The lowest BCUT2D eigenvalue weighted by Crippen LogP contribution is -2.27. The second kappa shape index (κ2) is 5.98. The topological polar surface area (TPSA) is 152 Å². The fourth-order valence-corrected chi connectivity index (χ4v) is 2.34. The van der Waals surface area contributed by atoms with E-state index < -0.39 is 37.4 Å². The largest absolute Gasteiger partial charge is 0.434 e. The van der Waals surface area contributed by atoms with Crippen LogP contribution in [0.5, 0.6) is 0 Å². The minimum atomic E-state index is -1.09. The van der Waals surface area contributed by atoms with Crippen LogP contribution in [0.15, 0.2) is 14.4 Å². The maximum Gasteiger partial charge on any atom is 0.354 e. The average molecular weight is 340 g/mol. The lowest BCUT2D eigenvalue weighted by molar-refractivity contribution is -0.388. The maximum absolute atomic E-state index is 12.5. The molecular formula is C12H12N4O8. The van der Waals surface area contributed by atoms with Crippen molar-refractivity contribution in [2.75, 3.05) is 14.2 Å². The molecule has 0 spiro atoms. The molecule has 0 fully saturated rings. The van der Waals surface area contributed by atoms with E-state index in [9.17, 15) is 25.0 Å². The Morgan fingerprint density at radius 2 is 1.71 bits per heavy atom. The van der Waals surface area contributed by atoms with E-state index in [0.717, 1.165) is 11.8 Å². The summed E-state index contributed by atoms with van der Waals surface area (Å²) in [5.41, 5.74) is -2.84. The number of aryl methyl sites for hydroxylation is 1. The van der Waals surface area contributed by atoms with E-state index >= 15 is 0 Å². The van der Waals surface area contributed by atoms with Crippen molar-refractivity contribution in [2.45, 2.75) is 13.8 Å². The van der Waals surface area contributed by atoms with E-state index in [0.29, 0.717) is 0 Å². The Bertz CT molecular complexity index is 987. The number of rotatable bonds is 4. The number of aromatic nitrogens is 1. The molecule has 2 rings (SSSR count). The normalized spacial score (nSPS) is 11.6. The molecule has 0 saturated heterocycles. The first-order valence-corrected chi connectivity index (χ1v) is 6.39. The Balaban J connectivity index is 3.31. The van der Waals surface area contributed by atoms with Crippen molar-refractivity contribution in [1.82, 2.24) is 4.73 Å². The molecule has 0 aliphatic carbocycles. The monoisotopic (exact) mass is 340 g/mol. The number of nitrogens with zero attached hydrogens (tertiary/aromatic N) is 4. The van der Waals surface area contributed by atoms with Crippen molar-refractivity contribution in [3.05, 3.63) is 47.3 Å². The Labute approximate surface area is 132 Å². The van der Waals surface area contributed by atoms with Crippen LogP contribution in [0, 0.1) is 34.1 Å². The molecule has 128 valence electrons. The van der Waals surface area contributed by atoms with Crippen LogP contribution in [-0.4, -0.2) is 28.8 Å². The summed E-state index contributed by atoms with van der Waals surface area (Å²) in [5.74, 6) is -0.278. The summed E-state index contributed by atoms with van der Waals surface area (Å²) in [6, 6.07) is 0. The van der Waals surface area contributed by atoms with Crippen LogP contribution in [0.4, 0.5) is 11.4 Å². The number of hydrogen-bond donors (Lipinski definition) is 0. The molecule has 2 heterocycles. The molecule has 12 heteroatoms. The van der Waals surface area contributed by atoms with Crippen LogP contribution in [0.1, 0.15) is 11.5 Å². The molecule has 0 aromatic carbocycles. The molecule has 0 N–H and O–H groups in total. The van der Waals surface area contributed by atoms with Gasteiger partial charge in [-0.3, -0.25) is 25.0 Å². The van der Waals surface area contributed by atoms with E-state index in [-0.39, 0.29) is 17.2 Å². The molecule has 2 aromatic rings. The Hall–Kier alpha value is -3.44. The minimum absolute atomic E-state index is 0.0396. The van der Waals surface area contributed by atoms with E-state index in [1.807, 2.05) is 0 Å². The number of pyridine rings is 1. The van der Waals surface area contributed by atoms with Crippen molar-refractivity contribution in [1.29, 1.82) is 0 Å². The predicted molar refractivity (Wildman–Crippen MR) is 78.3 cm³/mol. The standard InChI is InChI=1S/C12H12N4O8/c1-5-9(15(18)19)8(13-22-3)7-11(17)10(16(20)21)6(2)24-12(7)14(5)23-4/h1-4H3/b13-8-. The van der Waals surface area contributed by atoms with Crippen molar-refractivity contribution < 1.29 is 23.9 Å². The molecule has 0 unspecified atom stereocenters. The van der Waals surface area contributed by atoms with E-state index in [1.165, 1.54) is 21.0 Å². The van der Waals surface area contributed by atoms with Gasteiger partial charge in [0.25, 0.3) is 5.43 Å². The smallest absolute Gasteiger partial charge is 0.354 e. The lowest BCUT2D eigenvalue weighted by Gasteiger charge is -2.12. The first kappa shape index (κ1) is 16.9. The van der Waals surface area contributed by atoms with Gasteiger partial charge >= 0.3 is 11.4 Å². The summed E-state index contributed by atoms with van der Waals surface area (Å²) < 4.78 is 6.21. The SMILES string of the molecule is CO/N=c1\c([N+](=O)[O-])c(C)n(OC)c2oc(C)c([N+](=O)[O-])c(=O)c12. The van der Waals surface area contributed by atoms with Crippen molar-refractivity contribution in [2.24, 2.45) is 5.16 Å². The van der Waals surface area contributed by atoms with Crippen molar-refractivity contribution >= 4 is 22.5 Å². The van der Waals surface area contributed by atoms with Crippen LogP contribution < -0.4 is 15.6 Å². The maximum atomic E-state index is 12.5. The van der Waals surface area contributed by atoms with Crippen molar-refractivity contribution in [3.8, 4) is 0 Å². The number of nitro groups is 2. The van der Waals surface area contributed by atoms with Crippen LogP contribution in [-0.2, 0) is 4.84 Å². The van der Waals surface area contributed by atoms with Gasteiger partial charge < -0.3 is 14.1 Å². The second-order valence-electron chi connectivity index (χ2n) is 4.56. The van der Waals surface area contributed by atoms with Gasteiger partial charge in [-0.15, -0.1) is 4.73 Å². The summed E-state index contributed by atoms with van der Waals surface area (Å²) >= 11 is 0.